The van der Waals surface area contributed by atoms with Crippen molar-refractivity contribution in [3.05, 3.63) is 41.6 Å². The van der Waals surface area contributed by atoms with Crippen LogP contribution < -0.4 is 15.1 Å². The van der Waals surface area contributed by atoms with Gasteiger partial charge < -0.3 is 24.6 Å². The summed E-state index contributed by atoms with van der Waals surface area (Å²) in [5.74, 6) is -2.88. The minimum atomic E-state index is -3.18. The number of hydrogen-bond acceptors (Lipinski definition) is 8. The van der Waals surface area contributed by atoms with Crippen molar-refractivity contribution in [3.8, 4) is 0 Å². The van der Waals surface area contributed by atoms with Crippen LogP contribution in [-0.4, -0.2) is 78.4 Å². The predicted molar refractivity (Wildman–Crippen MR) is 161 cm³/mol. The fourth-order valence-electron chi connectivity index (χ4n) is 5.67. The van der Waals surface area contributed by atoms with E-state index in [1.807, 2.05) is 6.92 Å². The summed E-state index contributed by atoms with van der Waals surface area (Å²) >= 11 is 0. The Morgan fingerprint density at radius 1 is 1.14 bits per heavy atom. The molecule has 1 atom stereocenters. The van der Waals surface area contributed by atoms with Crippen molar-refractivity contribution >= 4 is 38.9 Å². The lowest BCUT2D eigenvalue weighted by Crippen LogP contribution is -2.66. The maximum atomic E-state index is 14.2. The van der Waals surface area contributed by atoms with Crippen LogP contribution in [-0.2, 0) is 19.2 Å². The number of pyridine rings is 1. The predicted octanol–water partition coefficient (Wildman–Crippen LogP) is 5.50. The second-order valence-corrected chi connectivity index (χ2v) is 15.1. The third kappa shape index (κ3) is 6.93. The fourth-order valence-corrected chi connectivity index (χ4v) is 6.78. The molecule has 0 aliphatic carbocycles. The van der Waals surface area contributed by atoms with E-state index in [1.54, 1.807) is 50.1 Å². The smallest absolute Gasteiger partial charge is 0.442 e. The highest BCUT2D eigenvalue weighted by atomic mass is 32.2. The van der Waals surface area contributed by atoms with E-state index in [9.17, 15) is 22.6 Å². The van der Waals surface area contributed by atoms with E-state index in [2.05, 4.69) is 19.6 Å². The van der Waals surface area contributed by atoms with Crippen LogP contribution in [0.4, 0.5) is 30.8 Å². The van der Waals surface area contributed by atoms with Crippen molar-refractivity contribution in [1.82, 2.24) is 4.98 Å². The summed E-state index contributed by atoms with van der Waals surface area (Å²) in [4.78, 5) is 35.0. The minimum Gasteiger partial charge on any atom is -0.442 e. The number of halogens is 2. The van der Waals surface area contributed by atoms with Crippen LogP contribution in [0.15, 0.2) is 39.7 Å². The largest absolute Gasteiger partial charge is 0.442 e. The molecule has 3 fully saturated rings. The van der Waals surface area contributed by atoms with Crippen molar-refractivity contribution in [2.45, 2.75) is 63.4 Å². The van der Waals surface area contributed by atoms with E-state index in [1.165, 1.54) is 12.3 Å². The molecule has 2 aromatic rings. The summed E-state index contributed by atoms with van der Waals surface area (Å²) in [5, 5.41) is 2.88. The van der Waals surface area contributed by atoms with Crippen molar-refractivity contribution in [3.63, 3.8) is 0 Å². The van der Waals surface area contributed by atoms with Gasteiger partial charge in [0.15, 0.2) is 0 Å². The molecule has 2 amide bonds. The van der Waals surface area contributed by atoms with E-state index in [4.69, 9.17) is 9.47 Å². The summed E-state index contributed by atoms with van der Waals surface area (Å²) in [6.07, 6.45) is 1.86. The molecule has 234 valence electrons. The zero-order valence-electron chi connectivity index (χ0n) is 25.2. The molecule has 1 aromatic carbocycles. The molecule has 1 N–H and O–H groups in total. The van der Waals surface area contributed by atoms with E-state index in [-0.39, 0.29) is 36.1 Å². The van der Waals surface area contributed by atoms with Gasteiger partial charge in [0.1, 0.15) is 11.4 Å². The normalized spacial score (nSPS) is 20.7. The molecular weight excluding hydrogens is 580 g/mol. The molecule has 1 aromatic heterocycles. The molecule has 3 aliphatic heterocycles. The Bertz CT molecular complexity index is 1540. The first kappa shape index (κ1) is 31.1. The molecule has 0 radical (unpaired) electrons. The topological polar surface area (TPSA) is 113 Å². The maximum Gasteiger partial charge on any atom is 0.442 e. The van der Waals surface area contributed by atoms with Gasteiger partial charge >= 0.3 is 6.09 Å². The highest BCUT2D eigenvalue weighted by molar-refractivity contribution is 7.93. The van der Waals surface area contributed by atoms with Gasteiger partial charge in [-0.15, -0.1) is 4.36 Å². The van der Waals surface area contributed by atoms with Gasteiger partial charge in [-0.05, 0) is 57.9 Å². The van der Waals surface area contributed by atoms with E-state index in [0.717, 1.165) is 18.8 Å². The molecule has 0 saturated carbocycles. The van der Waals surface area contributed by atoms with Crippen LogP contribution in [0.3, 0.4) is 0 Å². The molecule has 0 unspecified atom stereocenters. The van der Waals surface area contributed by atoms with Crippen molar-refractivity contribution < 1.29 is 32.1 Å². The van der Waals surface area contributed by atoms with Crippen LogP contribution in [0.2, 0.25) is 0 Å². The number of rotatable bonds is 5. The van der Waals surface area contributed by atoms with Crippen molar-refractivity contribution in [2.75, 3.05) is 60.8 Å². The molecule has 13 heteroatoms. The number of nitrogens with one attached hydrogen (secondary N) is 1. The van der Waals surface area contributed by atoms with E-state index < -0.39 is 33.3 Å². The SMILES string of the molecule is Cc1c(N2CC3(COC3)C2)cnc(N2CCCC(F)(F)CC2)c1C(=O)Nc1cccc([S@@](C)(=O)=NC(=O)OC(C)(C)C)c1. The fraction of sp³-hybridized carbons (Fsp3) is 0.567. The number of alkyl halides is 2. The van der Waals surface area contributed by atoms with Crippen molar-refractivity contribution in [2.24, 2.45) is 9.78 Å². The number of benzene rings is 1. The number of hydrogen-bond donors (Lipinski definition) is 1. The number of amides is 2. The molecule has 1 spiro atoms. The summed E-state index contributed by atoms with van der Waals surface area (Å²) in [5.41, 5.74) is 1.49. The average Bonchev–Trinajstić information content (AvgIpc) is 3.01. The molecule has 0 bridgehead atoms. The van der Waals surface area contributed by atoms with Gasteiger partial charge in [0.2, 0.25) is 5.92 Å². The van der Waals surface area contributed by atoms with Gasteiger partial charge in [-0.2, -0.15) is 0 Å². The molecule has 43 heavy (non-hydrogen) atoms. The summed E-state index contributed by atoms with van der Waals surface area (Å²) < 4.78 is 56.2. The standard InChI is InChI=1S/C30H39F2N5O5S/c1-20-23(37-16-29(17-37)18-41-19-29)15-33-25(36-12-7-10-30(31,32)11-13-36)24(20)26(38)34-21-8-6-9-22(14-21)43(5,40)35-27(39)42-28(2,3)4/h6,8-9,14-15H,7,10-13,16-19H2,1-5H3,(H,34,38)/t43-/m1/s1. The Morgan fingerprint density at radius 2 is 1.86 bits per heavy atom. The lowest BCUT2D eigenvalue weighted by molar-refractivity contribution is -0.127. The van der Waals surface area contributed by atoms with Gasteiger partial charge in [-0.1, -0.05) is 6.07 Å². The van der Waals surface area contributed by atoms with Crippen LogP contribution in [0.1, 0.15) is 56.0 Å². The first-order chi connectivity index (χ1) is 20.1. The molecule has 4 heterocycles. The first-order valence-corrected chi connectivity index (χ1v) is 16.3. The van der Waals surface area contributed by atoms with Crippen LogP contribution in [0.5, 0.6) is 0 Å². The van der Waals surface area contributed by atoms with Crippen LogP contribution >= 0.6 is 0 Å². The van der Waals surface area contributed by atoms with Gasteiger partial charge in [0.05, 0.1) is 45.8 Å². The summed E-state index contributed by atoms with van der Waals surface area (Å²) in [6, 6.07) is 6.31. The van der Waals surface area contributed by atoms with E-state index in [0.29, 0.717) is 42.4 Å². The first-order valence-electron chi connectivity index (χ1n) is 14.4. The Hall–Kier alpha value is -3.32. The van der Waals surface area contributed by atoms with E-state index >= 15 is 0 Å². The highest BCUT2D eigenvalue weighted by Gasteiger charge is 2.49. The highest BCUT2D eigenvalue weighted by Crippen LogP contribution is 2.42. The van der Waals surface area contributed by atoms with Gasteiger partial charge in [-0.25, -0.2) is 22.8 Å². The lowest BCUT2D eigenvalue weighted by Gasteiger charge is -2.56. The van der Waals surface area contributed by atoms with Gasteiger partial charge in [0, 0.05) is 55.9 Å². The molecule has 3 aliphatic rings. The second kappa shape index (κ2) is 11.3. The van der Waals surface area contributed by atoms with Crippen LogP contribution in [0.25, 0.3) is 0 Å². The number of carbonyl (C=O) groups excluding carboxylic acids is 2. The number of ether oxygens (including phenoxy) is 2. The van der Waals surface area contributed by atoms with Crippen molar-refractivity contribution in [1.29, 1.82) is 0 Å². The van der Waals surface area contributed by atoms with Gasteiger partial charge in [0.25, 0.3) is 5.91 Å². The number of anilines is 3. The Labute approximate surface area is 251 Å². The Kier molecular flexibility index (Phi) is 8.18. The van der Waals surface area contributed by atoms with Gasteiger partial charge in [-0.3, -0.25) is 4.79 Å². The summed E-state index contributed by atoms with van der Waals surface area (Å²) in [6.45, 7) is 10.3. The quantitative estimate of drug-likeness (QED) is 0.467. The zero-order valence-corrected chi connectivity index (χ0v) is 26.1. The molecule has 10 nitrogen and oxygen atoms in total. The summed E-state index contributed by atoms with van der Waals surface area (Å²) in [7, 11) is -3.18. The van der Waals surface area contributed by atoms with Crippen LogP contribution in [0, 0.1) is 12.3 Å². The third-order valence-corrected chi connectivity index (χ3v) is 9.54. The maximum absolute atomic E-state index is 14.2. The monoisotopic (exact) mass is 619 g/mol. The second-order valence-electron chi connectivity index (χ2n) is 12.9. The molecular formula is C30H39F2N5O5S. The average molecular weight is 620 g/mol. The zero-order chi connectivity index (χ0) is 31.2. The number of nitrogens with zero attached hydrogens (tertiary/aromatic N) is 4. The third-order valence-electron chi connectivity index (χ3n) is 7.92. The number of carbonyl (C=O) groups is 2. The Morgan fingerprint density at radius 3 is 2.51 bits per heavy atom. The number of aromatic nitrogens is 1. The molecule has 5 rings (SSSR count). The minimum absolute atomic E-state index is 0.0722. The Balaban J connectivity index is 1.45. The molecule has 3 saturated heterocycles. The lowest BCUT2D eigenvalue weighted by atomic mass is 9.77.